The summed E-state index contributed by atoms with van der Waals surface area (Å²) < 4.78 is 21.4. The topological polar surface area (TPSA) is 105 Å². The summed E-state index contributed by atoms with van der Waals surface area (Å²) in [6.07, 6.45) is -0.553. The van der Waals surface area contributed by atoms with Crippen molar-refractivity contribution in [1.29, 1.82) is 0 Å². The lowest BCUT2D eigenvalue weighted by molar-refractivity contribution is -0.171. The van der Waals surface area contributed by atoms with Gasteiger partial charge in [-0.3, -0.25) is 19.2 Å². The highest BCUT2D eigenvalue weighted by Crippen LogP contribution is 2.40. The van der Waals surface area contributed by atoms with Gasteiger partial charge in [0.1, 0.15) is 0 Å². The van der Waals surface area contributed by atoms with E-state index in [0.717, 1.165) is 0 Å². The van der Waals surface area contributed by atoms with Gasteiger partial charge in [-0.1, -0.05) is 60.7 Å². The van der Waals surface area contributed by atoms with Gasteiger partial charge in [0.2, 0.25) is 0 Å². The molecule has 0 aromatic heterocycles. The maximum absolute atomic E-state index is 13.5. The van der Waals surface area contributed by atoms with Crippen molar-refractivity contribution in [3.63, 3.8) is 0 Å². The summed E-state index contributed by atoms with van der Waals surface area (Å²) in [4.78, 5) is 53.9. The molecular formula is C28H34O8. The van der Waals surface area contributed by atoms with Crippen LogP contribution in [0.4, 0.5) is 0 Å². The highest BCUT2D eigenvalue weighted by Gasteiger charge is 2.56. The third-order valence-electron chi connectivity index (χ3n) is 5.90. The maximum atomic E-state index is 13.5. The van der Waals surface area contributed by atoms with Gasteiger partial charge in [-0.15, -0.1) is 0 Å². The molecule has 2 aromatic rings. The van der Waals surface area contributed by atoms with Crippen LogP contribution in [0.15, 0.2) is 60.7 Å². The zero-order chi connectivity index (χ0) is 26.6. The van der Waals surface area contributed by atoms with Gasteiger partial charge >= 0.3 is 23.9 Å². The Morgan fingerprint density at radius 2 is 0.750 bits per heavy atom. The summed E-state index contributed by atoms with van der Waals surface area (Å²) in [6, 6.07) is 16.7. The minimum absolute atomic E-state index is 0.0202. The van der Waals surface area contributed by atoms with E-state index in [4.69, 9.17) is 18.9 Å². The molecule has 0 fully saturated rings. The number of carbonyl (C=O) groups is 4. The van der Waals surface area contributed by atoms with Crippen LogP contribution in [0.25, 0.3) is 0 Å². The molecule has 8 heteroatoms. The number of benzene rings is 2. The summed E-state index contributed by atoms with van der Waals surface area (Å²) in [7, 11) is 0. The third kappa shape index (κ3) is 5.75. The zero-order valence-electron chi connectivity index (χ0n) is 21.3. The molecule has 2 aromatic carbocycles. The highest BCUT2D eigenvalue weighted by atomic mass is 16.6. The number of hydrogen-bond acceptors (Lipinski definition) is 8. The van der Waals surface area contributed by atoms with Crippen LogP contribution in [0.1, 0.15) is 51.7 Å². The Morgan fingerprint density at radius 1 is 0.500 bits per heavy atom. The molecule has 36 heavy (non-hydrogen) atoms. The Kier molecular flexibility index (Phi) is 10.6. The molecule has 0 heterocycles. The van der Waals surface area contributed by atoms with Crippen molar-refractivity contribution in [3.05, 3.63) is 71.8 Å². The number of carbonyl (C=O) groups excluding carboxylic acids is 4. The minimum Gasteiger partial charge on any atom is -0.465 e. The monoisotopic (exact) mass is 498 g/mol. The standard InChI is InChI=1S/C28H34O8/c1-5-33-23(29)27(24(30)34-6-2,21-15-11-9-12-16-21)19-20-28(25(31)35-7-3,26(32)36-8-4)22-17-13-10-14-18-22/h9-18H,5-8,19-20H2,1-4H3. The first-order chi connectivity index (χ1) is 17.3. The number of hydrogen-bond donors (Lipinski definition) is 0. The largest absolute Gasteiger partial charge is 0.465 e. The number of esters is 4. The average Bonchev–Trinajstić information content (AvgIpc) is 2.88. The van der Waals surface area contributed by atoms with Crippen LogP contribution in [-0.2, 0) is 49.0 Å². The van der Waals surface area contributed by atoms with Crippen LogP contribution >= 0.6 is 0 Å². The van der Waals surface area contributed by atoms with Crippen LogP contribution in [0.5, 0.6) is 0 Å². The van der Waals surface area contributed by atoms with E-state index in [1.165, 1.54) is 0 Å². The summed E-state index contributed by atoms with van der Waals surface area (Å²) in [5.41, 5.74) is -3.19. The molecule has 0 saturated carbocycles. The van der Waals surface area contributed by atoms with E-state index in [9.17, 15) is 19.2 Å². The van der Waals surface area contributed by atoms with Crippen molar-refractivity contribution < 1.29 is 38.1 Å². The molecule has 0 saturated heterocycles. The molecule has 0 unspecified atom stereocenters. The Hall–Kier alpha value is -3.68. The first-order valence-corrected chi connectivity index (χ1v) is 12.1. The predicted molar refractivity (Wildman–Crippen MR) is 132 cm³/mol. The number of rotatable bonds is 13. The molecule has 0 atom stereocenters. The van der Waals surface area contributed by atoms with Crippen molar-refractivity contribution >= 4 is 23.9 Å². The fraction of sp³-hybridized carbons (Fsp3) is 0.429. The van der Waals surface area contributed by atoms with Crippen molar-refractivity contribution in [1.82, 2.24) is 0 Å². The van der Waals surface area contributed by atoms with Crippen LogP contribution in [0.3, 0.4) is 0 Å². The van der Waals surface area contributed by atoms with E-state index < -0.39 is 34.7 Å². The molecule has 0 aliphatic rings. The summed E-state index contributed by atoms with van der Waals surface area (Å²) in [5.74, 6) is -3.32. The van der Waals surface area contributed by atoms with E-state index >= 15 is 0 Å². The van der Waals surface area contributed by atoms with E-state index in [-0.39, 0.29) is 39.3 Å². The normalized spacial score (nSPS) is 11.3. The van der Waals surface area contributed by atoms with Crippen LogP contribution < -0.4 is 0 Å². The van der Waals surface area contributed by atoms with Gasteiger partial charge in [0, 0.05) is 0 Å². The van der Waals surface area contributed by atoms with Crippen molar-refractivity contribution in [3.8, 4) is 0 Å². The van der Waals surface area contributed by atoms with Crippen molar-refractivity contribution in [2.24, 2.45) is 0 Å². The second kappa shape index (κ2) is 13.4. The molecular weight excluding hydrogens is 464 g/mol. The lowest BCUT2D eigenvalue weighted by Crippen LogP contribution is -2.51. The van der Waals surface area contributed by atoms with Crippen molar-refractivity contribution in [2.45, 2.75) is 51.4 Å². The van der Waals surface area contributed by atoms with Gasteiger partial charge in [0.05, 0.1) is 26.4 Å². The van der Waals surface area contributed by atoms with E-state index in [0.29, 0.717) is 11.1 Å². The molecule has 0 N–H and O–H groups in total. The third-order valence-corrected chi connectivity index (χ3v) is 5.90. The van der Waals surface area contributed by atoms with E-state index in [1.807, 2.05) is 0 Å². The van der Waals surface area contributed by atoms with Gasteiger partial charge in [-0.05, 0) is 51.7 Å². The predicted octanol–water partition coefficient (Wildman–Crippen LogP) is 3.90. The molecule has 8 nitrogen and oxygen atoms in total. The Labute approximate surface area is 211 Å². The zero-order valence-corrected chi connectivity index (χ0v) is 21.3. The Morgan fingerprint density at radius 3 is 0.972 bits per heavy atom. The average molecular weight is 499 g/mol. The molecule has 2 rings (SSSR count). The summed E-state index contributed by atoms with van der Waals surface area (Å²) in [6.45, 7) is 6.60. The van der Waals surface area contributed by atoms with Gasteiger partial charge < -0.3 is 18.9 Å². The van der Waals surface area contributed by atoms with Crippen LogP contribution in [0.2, 0.25) is 0 Å². The van der Waals surface area contributed by atoms with Gasteiger partial charge in [0.15, 0.2) is 10.8 Å². The Balaban J connectivity index is 2.77. The van der Waals surface area contributed by atoms with E-state index in [2.05, 4.69) is 0 Å². The molecule has 0 amide bonds. The molecule has 0 bridgehead atoms. The molecule has 0 aliphatic heterocycles. The highest BCUT2D eigenvalue weighted by molar-refractivity contribution is 6.08. The minimum atomic E-state index is -1.92. The first kappa shape index (κ1) is 28.6. The molecule has 0 radical (unpaired) electrons. The molecule has 0 aliphatic carbocycles. The van der Waals surface area contributed by atoms with Gasteiger partial charge in [-0.2, -0.15) is 0 Å². The second-order valence-corrected chi connectivity index (χ2v) is 7.92. The van der Waals surface area contributed by atoms with Crippen LogP contribution in [0, 0.1) is 0 Å². The van der Waals surface area contributed by atoms with Crippen LogP contribution in [-0.4, -0.2) is 50.3 Å². The fourth-order valence-electron chi connectivity index (χ4n) is 4.17. The smallest absolute Gasteiger partial charge is 0.328 e. The van der Waals surface area contributed by atoms with Gasteiger partial charge in [0.25, 0.3) is 0 Å². The molecule has 194 valence electrons. The van der Waals surface area contributed by atoms with Gasteiger partial charge in [-0.25, -0.2) is 0 Å². The lowest BCUT2D eigenvalue weighted by Gasteiger charge is -2.35. The van der Waals surface area contributed by atoms with E-state index in [1.54, 1.807) is 88.4 Å². The fourth-order valence-corrected chi connectivity index (χ4v) is 4.17. The first-order valence-electron chi connectivity index (χ1n) is 12.1. The number of ether oxygens (including phenoxy) is 4. The second-order valence-electron chi connectivity index (χ2n) is 7.92. The molecule has 0 spiro atoms. The summed E-state index contributed by atoms with van der Waals surface area (Å²) >= 11 is 0. The lowest BCUT2D eigenvalue weighted by atomic mass is 9.69. The maximum Gasteiger partial charge on any atom is 0.328 e. The Bertz CT molecular complexity index is 897. The quantitative estimate of drug-likeness (QED) is 0.233. The van der Waals surface area contributed by atoms with Crippen molar-refractivity contribution in [2.75, 3.05) is 26.4 Å². The summed E-state index contributed by atoms with van der Waals surface area (Å²) in [5, 5.41) is 0. The SMILES string of the molecule is CCOC(=O)C(CCC(C(=O)OCC)(C(=O)OCC)c1ccccc1)(C(=O)OCC)c1ccccc1.